The van der Waals surface area contributed by atoms with E-state index in [1.807, 2.05) is 45.9 Å². The van der Waals surface area contributed by atoms with Crippen LogP contribution in [-0.4, -0.2) is 39.3 Å². The van der Waals surface area contributed by atoms with Gasteiger partial charge < -0.3 is 10.6 Å². The smallest absolute Gasteiger partial charge is 0.325 e. The third-order valence-electron chi connectivity index (χ3n) is 5.20. The zero-order valence-corrected chi connectivity index (χ0v) is 18.7. The van der Waals surface area contributed by atoms with Gasteiger partial charge in [0.1, 0.15) is 5.54 Å². The molecule has 1 aromatic rings. The summed E-state index contributed by atoms with van der Waals surface area (Å²) < 4.78 is 0. The van der Waals surface area contributed by atoms with Gasteiger partial charge in [-0.3, -0.25) is 14.5 Å². The highest BCUT2D eigenvalue weighted by Gasteiger charge is 2.43. The lowest BCUT2D eigenvalue weighted by Gasteiger charge is -2.16. The van der Waals surface area contributed by atoms with Gasteiger partial charge in [-0.1, -0.05) is 52.3 Å². The summed E-state index contributed by atoms with van der Waals surface area (Å²) in [6.07, 6.45) is 5.13. The van der Waals surface area contributed by atoms with Crippen molar-refractivity contribution in [2.24, 2.45) is 0 Å². The van der Waals surface area contributed by atoms with Crippen LogP contribution in [0.2, 0.25) is 0 Å². The van der Waals surface area contributed by atoms with Gasteiger partial charge in [-0.05, 0) is 44.2 Å². The number of unbranched alkanes of at least 4 members (excludes halogenated alkanes) is 1. The number of hydrogen-bond donors (Lipinski definition) is 2. The molecule has 29 heavy (non-hydrogen) atoms. The Balaban J connectivity index is 1.37. The Hall–Kier alpha value is -1.67. The summed E-state index contributed by atoms with van der Waals surface area (Å²) in [4.78, 5) is 37.5. The van der Waals surface area contributed by atoms with Gasteiger partial charge in [0.2, 0.25) is 5.91 Å². The van der Waals surface area contributed by atoms with Crippen LogP contribution in [0.4, 0.5) is 4.79 Å². The minimum absolute atomic E-state index is 0.0871. The first-order chi connectivity index (χ1) is 13.8. The Labute approximate surface area is 180 Å². The molecular weight excluding hydrogens is 406 g/mol. The largest absolute Gasteiger partial charge is 0.352 e. The number of imide groups is 1. The lowest BCUT2D eigenvalue weighted by atomic mass is 10.1. The molecule has 0 bridgehead atoms. The van der Waals surface area contributed by atoms with E-state index < -0.39 is 5.54 Å². The lowest BCUT2D eigenvalue weighted by Crippen LogP contribution is -2.40. The summed E-state index contributed by atoms with van der Waals surface area (Å²) in [5, 5.41) is 6.42. The van der Waals surface area contributed by atoms with Gasteiger partial charge in [0, 0.05) is 24.0 Å². The Morgan fingerprint density at radius 2 is 1.93 bits per heavy atom. The summed E-state index contributed by atoms with van der Waals surface area (Å²) in [6, 6.07) is 7.28. The highest BCUT2D eigenvalue weighted by molar-refractivity contribution is 8.77. The molecule has 8 heteroatoms. The Bertz CT molecular complexity index is 746. The molecule has 0 spiro atoms. The van der Waals surface area contributed by atoms with E-state index in [0.29, 0.717) is 13.0 Å². The van der Waals surface area contributed by atoms with Crippen LogP contribution >= 0.6 is 21.6 Å². The van der Waals surface area contributed by atoms with Crippen molar-refractivity contribution in [2.75, 3.05) is 5.75 Å². The lowest BCUT2D eigenvalue weighted by molar-refractivity contribution is -0.130. The van der Waals surface area contributed by atoms with Gasteiger partial charge in [-0.25, -0.2) is 4.79 Å². The number of urea groups is 1. The van der Waals surface area contributed by atoms with E-state index in [2.05, 4.69) is 10.6 Å². The van der Waals surface area contributed by atoms with Gasteiger partial charge in [-0.2, -0.15) is 0 Å². The highest BCUT2D eigenvalue weighted by atomic mass is 33.1. The fourth-order valence-electron chi connectivity index (χ4n) is 3.42. The van der Waals surface area contributed by atoms with E-state index in [0.717, 1.165) is 29.2 Å². The molecule has 2 saturated heterocycles. The molecule has 2 N–H and O–H groups in total. The van der Waals surface area contributed by atoms with Gasteiger partial charge >= 0.3 is 6.03 Å². The number of carbonyl (C=O) groups excluding carboxylic acids is 3. The summed E-state index contributed by atoms with van der Waals surface area (Å²) in [5.41, 5.74) is 1.03. The predicted octanol–water partition coefficient (Wildman–Crippen LogP) is 3.85. The number of amides is 4. The van der Waals surface area contributed by atoms with Crippen LogP contribution in [0, 0.1) is 0 Å². The van der Waals surface area contributed by atoms with Gasteiger partial charge in [0.15, 0.2) is 0 Å². The van der Waals surface area contributed by atoms with Crippen LogP contribution in [0.5, 0.6) is 0 Å². The summed E-state index contributed by atoms with van der Waals surface area (Å²) >= 11 is 0. The van der Waals surface area contributed by atoms with E-state index >= 15 is 0 Å². The SMILES string of the molecule is CC1(C)NC(=O)N(Cc2ccc(CNC(=O)CCCC[C@@H]3CCSS3)cc2)C1=O. The maximum Gasteiger partial charge on any atom is 0.325 e. The van der Waals surface area contributed by atoms with E-state index in [4.69, 9.17) is 0 Å². The Morgan fingerprint density at radius 1 is 1.21 bits per heavy atom. The van der Waals surface area contributed by atoms with Crippen molar-refractivity contribution in [3.63, 3.8) is 0 Å². The third kappa shape index (κ3) is 6.15. The molecular formula is C21H29N3O3S2. The predicted molar refractivity (Wildman–Crippen MR) is 118 cm³/mol. The quantitative estimate of drug-likeness (QED) is 0.350. The molecule has 2 heterocycles. The molecule has 4 amide bonds. The van der Waals surface area contributed by atoms with E-state index in [-0.39, 0.29) is 24.4 Å². The first-order valence-corrected chi connectivity index (χ1v) is 12.5. The molecule has 0 unspecified atom stereocenters. The minimum atomic E-state index is -0.851. The number of benzene rings is 1. The van der Waals surface area contributed by atoms with Crippen LogP contribution in [0.15, 0.2) is 24.3 Å². The second kappa shape index (κ2) is 9.89. The highest BCUT2D eigenvalue weighted by Crippen LogP contribution is 2.39. The first-order valence-electron chi connectivity index (χ1n) is 10.1. The van der Waals surface area contributed by atoms with Gasteiger partial charge in [-0.15, -0.1) is 0 Å². The molecule has 2 fully saturated rings. The van der Waals surface area contributed by atoms with Gasteiger partial charge in [0.25, 0.3) is 5.91 Å². The molecule has 0 aliphatic carbocycles. The molecule has 2 aliphatic heterocycles. The van der Waals surface area contributed by atoms with Crippen molar-refractivity contribution in [2.45, 2.75) is 69.8 Å². The number of rotatable bonds is 9. The topological polar surface area (TPSA) is 78.5 Å². The number of carbonyl (C=O) groups is 3. The first kappa shape index (κ1) is 22.0. The van der Waals surface area contributed by atoms with Crippen molar-refractivity contribution in [1.29, 1.82) is 0 Å². The second-order valence-electron chi connectivity index (χ2n) is 8.11. The zero-order chi connectivity index (χ0) is 20.9. The Kier molecular flexibility index (Phi) is 7.51. The average Bonchev–Trinajstić information content (AvgIpc) is 3.27. The van der Waals surface area contributed by atoms with Gasteiger partial charge in [0.05, 0.1) is 6.54 Å². The second-order valence-corrected chi connectivity index (χ2v) is 10.9. The molecule has 2 aliphatic rings. The van der Waals surface area contributed by atoms with Crippen molar-refractivity contribution >= 4 is 39.4 Å². The maximum absolute atomic E-state index is 12.3. The normalized spacial score (nSPS) is 20.8. The molecule has 0 saturated carbocycles. The molecule has 1 aromatic carbocycles. The average molecular weight is 436 g/mol. The monoisotopic (exact) mass is 435 g/mol. The summed E-state index contributed by atoms with van der Waals surface area (Å²) in [5.74, 6) is 1.13. The maximum atomic E-state index is 12.3. The van der Waals surface area contributed by atoms with E-state index in [1.165, 1.54) is 23.5 Å². The van der Waals surface area contributed by atoms with Crippen LogP contribution in [0.3, 0.4) is 0 Å². The fourth-order valence-corrected chi connectivity index (χ4v) is 6.45. The van der Waals surface area contributed by atoms with E-state index in [9.17, 15) is 14.4 Å². The van der Waals surface area contributed by atoms with Crippen molar-refractivity contribution in [3.05, 3.63) is 35.4 Å². The molecule has 0 radical (unpaired) electrons. The van der Waals surface area contributed by atoms with Crippen molar-refractivity contribution in [1.82, 2.24) is 15.5 Å². The summed E-state index contributed by atoms with van der Waals surface area (Å²) in [6.45, 7) is 4.14. The molecule has 1 atom stereocenters. The zero-order valence-electron chi connectivity index (χ0n) is 17.0. The van der Waals surface area contributed by atoms with Crippen LogP contribution < -0.4 is 10.6 Å². The molecule has 3 rings (SSSR count). The third-order valence-corrected chi connectivity index (χ3v) is 8.21. The van der Waals surface area contributed by atoms with Crippen molar-refractivity contribution in [3.8, 4) is 0 Å². The minimum Gasteiger partial charge on any atom is -0.352 e. The van der Waals surface area contributed by atoms with Crippen LogP contribution in [0.25, 0.3) is 0 Å². The number of hydrogen-bond acceptors (Lipinski definition) is 5. The fraction of sp³-hybridized carbons (Fsp3) is 0.571. The Morgan fingerprint density at radius 3 is 2.55 bits per heavy atom. The molecule has 158 valence electrons. The molecule has 6 nitrogen and oxygen atoms in total. The standard InChI is InChI=1S/C21H29N3O3S2/c1-21(2)19(26)24(20(27)23-21)14-16-9-7-15(8-10-16)13-22-18(25)6-4-3-5-17-11-12-28-29-17/h7-10,17H,3-6,11-14H2,1-2H3,(H,22,25)(H,23,27)/t17-/m1/s1. The summed E-state index contributed by atoms with van der Waals surface area (Å²) in [7, 11) is 3.95. The van der Waals surface area contributed by atoms with E-state index in [1.54, 1.807) is 13.8 Å². The van der Waals surface area contributed by atoms with Crippen LogP contribution in [0.1, 0.15) is 57.1 Å². The number of nitrogens with zero attached hydrogens (tertiary/aromatic N) is 1. The number of nitrogens with one attached hydrogen (secondary N) is 2. The molecule has 0 aromatic heterocycles. The van der Waals surface area contributed by atoms with Crippen LogP contribution in [-0.2, 0) is 22.7 Å². The van der Waals surface area contributed by atoms with Crippen molar-refractivity contribution < 1.29 is 14.4 Å².